The molecule has 160 valence electrons. The molecule has 5 nitrogen and oxygen atoms in total. The molecule has 0 radical (unpaired) electrons. The fraction of sp³-hybridized carbons (Fsp3) is 0.0625. The molecular weight excluding hydrogens is 450 g/mol. The predicted octanol–water partition coefficient (Wildman–Crippen LogP) is 3.90. The molecule has 0 bridgehead atoms. The van der Waals surface area contributed by atoms with Crippen LogP contribution < -0.4 is 5.14 Å². The first-order valence-electron chi connectivity index (χ1n) is 7.55. The van der Waals surface area contributed by atoms with Crippen molar-refractivity contribution in [3.63, 3.8) is 0 Å². The molecule has 2 N–H and O–H groups in total. The van der Waals surface area contributed by atoms with E-state index in [0.29, 0.717) is 4.68 Å². The van der Waals surface area contributed by atoms with Gasteiger partial charge in [0, 0.05) is 12.4 Å². The first kappa shape index (κ1) is 21.7. The summed E-state index contributed by atoms with van der Waals surface area (Å²) in [6, 6.07) is 1.44. The number of halogens is 8. The van der Waals surface area contributed by atoms with Crippen molar-refractivity contribution in [1.29, 1.82) is 0 Å². The molecule has 0 unspecified atom stereocenters. The summed E-state index contributed by atoms with van der Waals surface area (Å²) < 4.78 is 134. The van der Waals surface area contributed by atoms with Crippen LogP contribution in [0.25, 0.3) is 16.8 Å². The summed E-state index contributed by atoms with van der Waals surface area (Å²) in [5.74, 6) is -12.3. The molecule has 14 heteroatoms. The maximum Gasteiger partial charge on any atom is 0.418 e. The lowest BCUT2D eigenvalue weighted by Crippen LogP contribution is -2.20. The molecule has 1 aromatic heterocycles. The van der Waals surface area contributed by atoms with Crippen LogP contribution in [0.1, 0.15) is 5.56 Å². The van der Waals surface area contributed by atoms with Crippen molar-refractivity contribution in [3.05, 3.63) is 65.2 Å². The van der Waals surface area contributed by atoms with Gasteiger partial charge in [0.05, 0.1) is 16.8 Å². The highest BCUT2D eigenvalue weighted by atomic mass is 32.2. The van der Waals surface area contributed by atoms with Gasteiger partial charge in [0.15, 0.2) is 23.3 Å². The zero-order valence-corrected chi connectivity index (χ0v) is 14.9. The molecule has 0 atom stereocenters. The Labute approximate surface area is 162 Å². The third-order valence-electron chi connectivity index (χ3n) is 3.92. The molecular formula is C16H7F8N3O2S. The minimum atomic E-state index is -5.33. The number of benzene rings is 2. The molecule has 0 saturated carbocycles. The monoisotopic (exact) mass is 457 g/mol. The summed E-state index contributed by atoms with van der Waals surface area (Å²) in [6.07, 6.45) is -3.40. The number of hydrogen-bond acceptors (Lipinski definition) is 3. The Hall–Kier alpha value is -3.00. The first-order valence-corrected chi connectivity index (χ1v) is 9.09. The highest BCUT2D eigenvalue weighted by molar-refractivity contribution is 7.89. The maximum atomic E-state index is 14.1. The molecule has 3 aromatic rings. The number of alkyl halides is 3. The van der Waals surface area contributed by atoms with Crippen LogP contribution in [0.5, 0.6) is 0 Å². The number of rotatable bonds is 3. The van der Waals surface area contributed by atoms with Crippen LogP contribution in [0.2, 0.25) is 0 Å². The second-order valence-electron chi connectivity index (χ2n) is 5.81. The summed E-state index contributed by atoms with van der Waals surface area (Å²) in [7, 11) is -4.99. The van der Waals surface area contributed by atoms with Gasteiger partial charge in [-0.2, -0.15) is 18.3 Å². The lowest BCUT2D eigenvalue weighted by atomic mass is 9.99. The predicted molar refractivity (Wildman–Crippen MR) is 85.2 cm³/mol. The lowest BCUT2D eigenvalue weighted by molar-refractivity contribution is -0.137. The SMILES string of the molecule is NS(=O)(=O)c1cc(-c2c(F)c(F)c(F)c(F)c2F)cc(C(F)(F)F)c1-n1cccn1. The van der Waals surface area contributed by atoms with E-state index in [1.807, 2.05) is 0 Å². The zero-order valence-electron chi connectivity index (χ0n) is 14.1. The highest BCUT2D eigenvalue weighted by Crippen LogP contribution is 2.41. The van der Waals surface area contributed by atoms with Crippen molar-refractivity contribution < 1.29 is 43.5 Å². The minimum absolute atomic E-state index is 0.0317. The molecule has 0 amide bonds. The second kappa shape index (κ2) is 7.05. The van der Waals surface area contributed by atoms with Gasteiger partial charge < -0.3 is 0 Å². The largest absolute Gasteiger partial charge is 0.418 e. The van der Waals surface area contributed by atoms with Gasteiger partial charge in [-0.15, -0.1) is 0 Å². The van der Waals surface area contributed by atoms with Crippen molar-refractivity contribution in [1.82, 2.24) is 9.78 Å². The van der Waals surface area contributed by atoms with Crippen LogP contribution in [0.15, 0.2) is 35.5 Å². The summed E-state index contributed by atoms with van der Waals surface area (Å²) >= 11 is 0. The van der Waals surface area contributed by atoms with Gasteiger partial charge in [0.25, 0.3) is 0 Å². The molecule has 3 rings (SSSR count). The molecule has 2 aromatic carbocycles. The molecule has 0 saturated heterocycles. The quantitative estimate of drug-likeness (QED) is 0.368. The Kier molecular flexibility index (Phi) is 5.10. The van der Waals surface area contributed by atoms with E-state index in [-0.39, 0.29) is 12.1 Å². The maximum absolute atomic E-state index is 14.1. The average molecular weight is 457 g/mol. The third-order valence-corrected chi connectivity index (χ3v) is 4.84. The van der Waals surface area contributed by atoms with Gasteiger partial charge >= 0.3 is 6.18 Å². The number of primary sulfonamides is 1. The Bertz CT molecular complexity index is 1230. The molecule has 0 aliphatic carbocycles. The van der Waals surface area contributed by atoms with Crippen LogP contribution in [0.3, 0.4) is 0 Å². The van der Waals surface area contributed by atoms with E-state index in [2.05, 4.69) is 5.10 Å². The van der Waals surface area contributed by atoms with Crippen molar-refractivity contribution >= 4 is 10.0 Å². The van der Waals surface area contributed by atoms with Crippen molar-refractivity contribution in [2.24, 2.45) is 5.14 Å². The van der Waals surface area contributed by atoms with Crippen LogP contribution in [-0.2, 0) is 16.2 Å². The van der Waals surface area contributed by atoms with E-state index in [4.69, 9.17) is 5.14 Å². The van der Waals surface area contributed by atoms with Crippen LogP contribution in [-0.4, -0.2) is 18.2 Å². The molecule has 1 heterocycles. The van der Waals surface area contributed by atoms with Crippen LogP contribution in [0.4, 0.5) is 35.1 Å². The van der Waals surface area contributed by atoms with Gasteiger partial charge in [-0.3, -0.25) is 0 Å². The van der Waals surface area contributed by atoms with Gasteiger partial charge in [-0.25, -0.2) is 40.2 Å². The molecule has 0 spiro atoms. The van der Waals surface area contributed by atoms with Gasteiger partial charge in [-0.05, 0) is 23.8 Å². The standard InChI is InChI=1S/C16H7F8N3O2S/c17-10-9(11(18)13(20)14(21)12(10)19)6-4-7(16(22,23)24)15(27-3-1-2-26-27)8(5-6)30(25,28)29/h1-5H,(H2,25,28,29). The highest BCUT2D eigenvalue weighted by Gasteiger charge is 2.39. The number of nitrogens with zero attached hydrogens (tertiary/aromatic N) is 2. The number of sulfonamides is 1. The zero-order chi connectivity index (χ0) is 22.6. The smallest absolute Gasteiger partial charge is 0.239 e. The molecule has 0 aliphatic rings. The first-order chi connectivity index (χ1) is 13.7. The summed E-state index contributed by atoms with van der Waals surface area (Å²) in [5, 5.41) is 8.44. The molecule has 0 aliphatic heterocycles. The Balaban J connectivity index is 2.53. The summed E-state index contributed by atoms with van der Waals surface area (Å²) in [6.45, 7) is 0. The van der Waals surface area contributed by atoms with Gasteiger partial charge in [0.2, 0.25) is 15.8 Å². The third kappa shape index (κ3) is 3.52. The van der Waals surface area contributed by atoms with E-state index in [9.17, 15) is 43.5 Å². The summed E-state index contributed by atoms with van der Waals surface area (Å²) in [5.41, 5.74) is -5.93. The molecule has 30 heavy (non-hydrogen) atoms. The lowest BCUT2D eigenvalue weighted by Gasteiger charge is -2.19. The molecule has 0 fully saturated rings. The van der Waals surface area contributed by atoms with Crippen LogP contribution >= 0.6 is 0 Å². The normalized spacial score (nSPS) is 12.4. The van der Waals surface area contributed by atoms with Gasteiger partial charge in [0.1, 0.15) is 4.90 Å². The topological polar surface area (TPSA) is 78.0 Å². The summed E-state index contributed by atoms with van der Waals surface area (Å²) in [4.78, 5) is -1.31. The Morgan fingerprint density at radius 2 is 1.43 bits per heavy atom. The number of aromatic nitrogens is 2. The number of nitrogens with two attached hydrogens (primary N) is 1. The average Bonchev–Trinajstić information content (AvgIpc) is 3.17. The Morgan fingerprint density at radius 1 is 0.900 bits per heavy atom. The van der Waals surface area contributed by atoms with E-state index < -0.39 is 72.6 Å². The fourth-order valence-corrected chi connectivity index (χ4v) is 3.45. The second-order valence-corrected chi connectivity index (χ2v) is 7.34. The minimum Gasteiger partial charge on any atom is -0.239 e. The van der Waals surface area contributed by atoms with E-state index in [0.717, 1.165) is 18.5 Å². The number of hydrogen-bond donors (Lipinski definition) is 1. The van der Waals surface area contributed by atoms with Crippen LogP contribution in [0, 0.1) is 29.1 Å². The Morgan fingerprint density at radius 3 is 1.87 bits per heavy atom. The van der Waals surface area contributed by atoms with E-state index >= 15 is 0 Å². The van der Waals surface area contributed by atoms with E-state index in [1.54, 1.807) is 0 Å². The van der Waals surface area contributed by atoms with E-state index in [1.165, 1.54) is 0 Å². The fourth-order valence-electron chi connectivity index (χ4n) is 2.68. The van der Waals surface area contributed by atoms with Crippen molar-refractivity contribution in [2.45, 2.75) is 11.1 Å². The van der Waals surface area contributed by atoms with Gasteiger partial charge in [-0.1, -0.05) is 0 Å². The van der Waals surface area contributed by atoms with Crippen molar-refractivity contribution in [3.8, 4) is 16.8 Å². The van der Waals surface area contributed by atoms with Crippen molar-refractivity contribution in [2.75, 3.05) is 0 Å².